The van der Waals surface area contributed by atoms with Gasteiger partial charge in [0.05, 0.1) is 10.8 Å². The van der Waals surface area contributed by atoms with Gasteiger partial charge < -0.3 is 4.98 Å². The number of H-pyrrole nitrogens is 1. The molecule has 168 valence electrons. The number of fused-ring (bicyclic) bond motifs is 1. The van der Waals surface area contributed by atoms with Crippen molar-refractivity contribution < 1.29 is 12.8 Å². The predicted molar refractivity (Wildman–Crippen MR) is 122 cm³/mol. The van der Waals surface area contributed by atoms with Crippen LogP contribution in [0.1, 0.15) is 48.9 Å². The van der Waals surface area contributed by atoms with Crippen LogP contribution in [0, 0.1) is 22.6 Å². The molecule has 2 N–H and O–H groups in total. The first-order valence-corrected chi connectivity index (χ1v) is 12.3. The molecular weight excluding hydrogens is 427 g/mol. The number of nitrogens with one attached hydrogen (secondary N) is 2. The molecule has 0 aliphatic heterocycles. The average molecular weight is 455 g/mol. The van der Waals surface area contributed by atoms with E-state index in [-0.39, 0.29) is 16.5 Å². The van der Waals surface area contributed by atoms with Crippen LogP contribution in [0.4, 0.5) is 4.39 Å². The fraction of sp³-hybridized carbons (Fsp3) is 0.417. The Hall–Kier alpha value is -2.76. The number of halogens is 1. The van der Waals surface area contributed by atoms with Gasteiger partial charge in [0.2, 0.25) is 10.0 Å². The Balaban J connectivity index is 1.46. The maximum atomic E-state index is 15.0. The number of aromatic amines is 1. The van der Waals surface area contributed by atoms with Gasteiger partial charge in [0.15, 0.2) is 0 Å². The number of rotatable bonds is 9. The van der Waals surface area contributed by atoms with Crippen molar-refractivity contribution in [1.29, 1.82) is 5.26 Å². The van der Waals surface area contributed by atoms with Crippen molar-refractivity contribution in [1.82, 2.24) is 14.7 Å². The molecule has 3 aromatic rings. The number of hydrogen-bond acceptors (Lipinski definition) is 4. The zero-order chi connectivity index (χ0) is 22.9. The van der Waals surface area contributed by atoms with E-state index < -0.39 is 10.0 Å². The minimum Gasteiger partial charge on any atom is -0.361 e. The number of benzene rings is 1. The monoisotopic (exact) mass is 454 g/mol. The molecule has 1 saturated carbocycles. The van der Waals surface area contributed by atoms with Crippen molar-refractivity contribution in [2.75, 3.05) is 6.54 Å². The van der Waals surface area contributed by atoms with E-state index in [1.54, 1.807) is 12.3 Å². The second-order valence-corrected chi connectivity index (χ2v) is 11.4. The molecule has 0 bridgehead atoms. The van der Waals surface area contributed by atoms with Crippen molar-refractivity contribution >= 4 is 20.9 Å². The number of sulfonamides is 1. The maximum Gasteiger partial charge on any atom is 0.214 e. The van der Waals surface area contributed by atoms with Crippen LogP contribution in [0.5, 0.6) is 0 Å². The molecule has 0 atom stereocenters. The van der Waals surface area contributed by atoms with Crippen molar-refractivity contribution in [3.63, 3.8) is 0 Å². The Morgan fingerprint density at radius 1 is 1.22 bits per heavy atom. The lowest BCUT2D eigenvalue weighted by atomic mass is 9.80. The van der Waals surface area contributed by atoms with Gasteiger partial charge in [-0.3, -0.25) is 4.98 Å². The SMILES string of the molecule is CC(C)(Cc1cncc(C#N)c1)Cc1cc2[nH]cc(CCNS(=O)(=O)C3CC3)c2cc1F. The number of aromatic nitrogens is 2. The van der Waals surface area contributed by atoms with E-state index in [9.17, 15) is 8.42 Å². The highest BCUT2D eigenvalue weighted by atomic mass is 32.2. The van der Waals surface area contributed by atoms with Crippen LogP contribution in [0.15, 0.2) is 36.8 Å². The van der Waals surface area contributed by atoms with Crippen molar-refractivity contribution in [3.05, 3.63) is 64.9 Å². The quantitative estimate of drug-likeness (QED) is 0.510. The third-order valence-corrected chi connectivity index (χ3v) is 7.83. The molecule has 0 saturated heterocycles. The molecule has 6 nitrogen and oxygen atoms in total. The largest absolute Gasteiger partial charge is 0.361 e. The van der Waals surface area contributed by atoms with Gasteiger partial charge in [0, 0.05) is 36.0 Å². The van der Waals surface area contributed by atoms with E-state index in [0.29, 0.717) is 36.9 Å². The van der Waals surface area contributed by atoms with Gasteiger partial charge in [0.1, 0.15) is 11.9 Å². The van der Waals surface area contributed by atoms with Crippen molar-refractivity contribution in [2.24, 2.45) is 5.41 Å². The fourth-order valence-corrected chi connectivity index (χ4v) is 5.57. The third-order valence-electron chi connectivity index (χ3n) is 5.87. The molecular formula is C24H27FN4O2S. The number of nitrogens with zero attached hydrogens (tertiary/aromatic N) is 2. The van der Waals surface area contributed by atoms with Crippen LogP contribution < -0.4 is 4.72 Å². The summed E-state index contributed by atoms with van der Waals surface area (Å²) >= 11 is 0. The van der Waals surface area contributed by atoms with E-state index in [1.807, 2.05) is 18.3 Å². The Labute approximate surface area is 187 Å². The summed E-state index contributed by atoms with van der Waals surface area (Å²) in [5.41, 5.74) is 3.58. The van der Waals surface area contributed by atoms with Gasteiger partial charge >= 0.3 is 0 Å². The maximum absolute atomic E-state index is 15.0. The van der Waals surface area contributed by atoms with Gasteiger partial charge in [-0.1, -0.05) is 13.8 Å². The summed E-state index contributed by atoms with van der Waals surface area (Å²) in [6, 6.07) is 7.31. The van der Waals surface area contributed by atoms with Crippen LogP contribution in [0.25, 0.3) is 10.9 Å². The molecule has 0 radical (unpaired) electrons. The van der Waals surface area contributed by atoms with Crippen LogP contribution >= 0.6 is 0 Å². The fourth-order valence-electron chi connectivity index (χ4n) is 4.19. The highest BCUT2D eigenvalue weighted by Crippen LogP contribution is 2.31. The van der Waals surface area contributed by atoms with Gasteiger partial charge in [0.25, 0.3) is 0 Å². The standard InChI is InChI=1S/C24H27FN4O2S/c1-24(2,10-16-7-17(12-26)14-27-13-16)11-19-8-23-21(9-22(19)25)18(15-28-23)5-6-29-32(30,31)20-3-4-20/h7-9,13-15,20,28-29H,3-6,10-11H2,1-2H3. The molecule has 4 rings (SSSR count). The summed E-state index contributed by atoms with van der Waals surface area (Å²) in [5.74, 6) is -0.270. The van der Waals surface area contributed by atoms with Crippen LogP contribution in [-0.4, -0.2) is 30.2 Å². The van der Waals surface area contributed by atoms with Gasteiger partial charge in [-0.15, -0.1) is 0 Å². The molecule has 0 unspecified atom stereocenters. The third kappa shape index (κ3) is 5.17. The molecule has 2 heterocycles. The molecule has 1 aliphatic rings. The number of hydrogen-bond donors (Lipinski definition) is 2. The first-order valence-electron chi connectivity index (χ1n) is 10.8. The Morgan fingerprint density at radius 3 is 2.72 bits per heavy atom. The highest BCUT2D eigenvalue weighted by Gasteiger charge is 2.35. The van der Waals surface area contributed by atoms with E-state index >= 15 is 4.39 Å². The zero-order valence-corrected chi connectivity index (χ0v) is 19.1. The molecule has 1 aliphatic carbocycles. The van der Waals surface area contributed by atoms with Crippen LogP contribution in [-0.2, 0) is 29.3 Å². The lowest BCUT2D eigenvalue weighted by molar-refractivity contribution is 0.354. The van der Waals surface area contributed by atoms with Gasteiger partial charge in [-0.25, -0.2) is 17.5 Å². The minimum atomic E-state index is -3.22. The van der Waals surface area contributed by atoms with Gasteiger partial charge in [-0.05, 0) is 72.4 Å². The van der Waals surface area contributed by atoms with Crippen molar-refractivity contribution in [2.45, 2.75) is 51.2 Å². The lowest BCUT2D eigenvalue weighted by Gasteiger charge is -2.25. The Bertz CT molecular complexity index is 1290. The zero-order valence-electron chi connectivity index (χ0n) is 18.3. The topological polar surface area (TPSA) is 98.6 Å². The second-order valence-electron chi connectivity index (χ2n) is 9.40. The summed E-state index contributed by atoms with van der Waals surface area (Å²) in [6.45, 7) is 4.45. The normalized spacial score (nSPS) is 14.6. The van der Waals surface area contributed by atoms with Crippen LogP contribution in [0.2, 0.25) is 0 Å². The average Bonchev–Trinajstić information content (AvgIpc) is 3.53. The lowest BCUT2D eigenvalue weighted by Crippen LogP contribution is -2.29. The smallest absolute Gasteiger partial charge is 0.214 e. The first kappa shape index (κ1) is 22.4. The minimum absolute atomic E-state index is 0.235. The molecule has 0 spiro atoms. The van der Waals surface area contributed by atoms with Crippen molar-refractivity contribution in [3.8, 4) is 6.07 Å². The molecule has 32 heavy (non-hydrogen) atoms. The molecule has 1 aromatic carbocycles. The summed E-state index contributed by atoms with van der Waals surface area (Å²) in [4.78, 5) is 7.32. The Morgan fingerprint density at radius 2 is 2.00 bits per heavy atom. The molecule has 1 fully saturated rings. The summed E-state index contributed by atoms with van der Waals surface area (Å²) in [6.07, 6.45) is 8.26. The first-order chi connectivity index (χ1) is 15.2. The Kier molecular flexibility index (Phi) is 6.06. The molecule has 8 heteroatoms. The summed E-state index contributed by atoms with van der Waals surface area (Å²) in [7, 11) is -3.22. The number of nitriles is 1. The molecule has 2 aromatic heterocycles. The van der Waals surface area contributed by atoms with E-state index in [1.165, 1.54) is 6.20 Å². The van der Waals surface area contributed by atoms with E-state index in [2.05, 4.69) is 34.6 Å². The highest BCUT2D eigenvalue weighted by molar-refractivity contribution is 7.90. The number of pyridine rings is 1. The van der Waals surface area contributed by atoms with Crippen LogP contribution in [0.3, 0.4) is 0 Å². The van der Waals surface area contributed by atoms with E-state index in [0.717, 1.165) is 34.9 Å². The second kappa shape index (κ2) is 8.64. The summed E-state index contributed by atoms with van der Waals surface area (Å²) in [5, 5.41) is 9.61. The molecule has 0 amide bonds. The summed E-state index contributed by atoms with van der Waals surface area (Å²) < 4.78 is 41.6. The van der Waals surface area contributed by atoms with Gasteiger partial charge in [-0.2, -0.15) is 5.26 Å². The predicted octanol–water partition coefficient (Wildman–Crippen LogP) is 4.01. The van der Waals surface area contributed by atoms with E-state index in [4.69, 9.17) is 5.26 Å².